The zero-order chi connectivity index (χ0) is 10.8. The minimum absolute atomic E-state index is 0.0395. The van der Waals surface area contributed by atoms with Crippen molar-refractivity contribution in [3.8, 4) is 0 Å². The number of amides is 1. The molecule has 0 rings (SSSR count). The maximum atomic E-state index is 10.8. The van der Waals surface area contributed by atoms with Gasteiger partial charge in [0.25, 0.3) is 0 Å². The van der Waals surface area contributed by atoms with Crippen LogP contribution in [-0.4, -0.2) is 46.0 Å². The van der Waals surface area contributed by atoms with Gasteiger partial charge in [0.05, 0.1) is 13.7 Å². The molecule has 0 saturated heterocycles. The molecule has 0 aliphatic rings. The number of ether oxygens (including phenoxy) is 3. The highest BCUT2D eigenvalue weighted by atomic mass is 16.7. The van der Waals surface area contributed by atoms with E-state index >= 15 is 0 Å². The summed E-state index contributed by atoms with van der Waals surface area (Å²) in [4.78, 5) is 21.3. The average Bonchev–Trinajstić information content (AvgIpc) is 2.17. The van der Waals surface area contributed by atoms with Crippen molar-refractivity contribution in [2.24, 2.45) is 0 Å². The lowest BCUT2D eigenvalue weighted by Crippen LogP contribution is -2.28. The Labute approximate surface area is 82.5 Å². The van der Waals surface area contributed by atoms with Gasteiger partial charge in [-0.2, -0.15) is 0 Å². The minimum atomic E-state index is -0.715. The first-order chi connectivity index (χ1) is 6.70. The van der Waals surface area contributed by atoms with Crippen molar-refractivity contribution in [1.82, 2.24) is 5.32 Å². The van der Waals surface area contributed by atoms with Gasteiger partial charge < -0.3 is 19.5 Å². The number of nitrogens with one attached hydrogen (secondary N) is 1. The molecule has 0 aromatic heterocycles. The summed E-state index contributed by atoms with van der Waals surface area (Å²) in [6.07, 6.45) is -0.168. The molecule has 82 valence electrons. The molecule has 6 heteroatoms. The molecule has 1 N–H and O–H groups in total. The lowest BCUT2D eigenvalue weighted by molar-refractivity contribution is -0.124. The predicted molar refractivity (Wildman–Crippen MR) is 47.9 cm³/mol. The van der Waals surface area contributed by atoms with Gasteiger partial charge in [-0.1, -0.05) is 0 Å². The van der Waals surface area contributed by atoms with Crippen LogP contribution in [0.25, 0.3) is 0 Å². The number of hydrogen-bond donors (Lipinski definition) is 1. The van der Waals surface area contributed by atoms with Crippen LogP contribution in [0.4, 0.5) is 4.79 Å². The van der Waals surface area contributed by atoms with E-state index in [-0.39, 0.29) is 19.1 Å². The molecule has 14 heavy (non-hydrogen) atoms. The first-order valence-corrected chi connectivity index (χ1v) is 4.17. The van der Waals surface area contributed by atoms with Gasteiger partial charge in [-0.3, -0.25) is 4.79 Å². The van der Waals surface area contributed by atoms with Crippen LogP contribution >= 0.6 is 0 Å². The number of rotatable bonds is 6. The van der Waals surface area contributed by atoms with Crippen LogP contribution in [-0.2, 0) is 19.0 Å². The summed E-state index contributed by atoms with van der Waals surface area (Å²) in [6.45, 7) is 0.705. The summed E-state index contributed by atoms with van der Waals surface area (Å²) in [5.41, 5.74) is 0. The van der Waals surface area contributed by atoms with Crippen LogP contribution < -0.4 is 5.32 Å². The summed E-state index contributed by atoms with van der Waals surface area (Å²) in [6, 6.07) is 0. The molecular formula is C8H15NO5. The van der Waals surface area contributed by atoms with E-state index in [1.165, 1.54) is 14.2 Å². The van der Waals surface area contributed by atoms with Crippen LogP contribution in [0.15, 0.2) is 0 Å². The standard InChI is InChI=1S/C8H15NO5/c1-12-6-7(10)9-4-3-5-14-8(11)13-2/h3-6H2,1-2H3,(H,9,10). The molecule has 0 aliphatic carbocycles. The van der Waals surface area contributed by atoms with Crippen molar-refractivity contribution >= 4 is 12.1 Å². The van der Waals surface area contributed by atoms with E-state index in [1.807, 2.05) is 0 Å². The fourth-order valence-electron chi connectivity index (χ4n) is 0.697. The third kappa shape index (κ3) is 7.35. The van der Waals surface area contributed by atoms with Crippen molar-refractivity contribution < 1.29 is 23.8 Å². The zero-order valence-electron chi connectivity index (χ0n) is 8.37. The molecule has 1 amide bonds. The highest BCUT2D eigenvalue weighted by Crippen LogP contribution is 1.85. The molecular weight excluding hydrogens is 190 g/mol. The van der Waals surface area contributed by atoms with E-state index < -0.39 is 6.16 Å². The second kappa shape index (κ2) is 8.31. The van der Waals surface area contributed by atoms with E-state index in [9.17, 15) is 9.59 Å². The molecule has 0 heterocycles. The van der Waals surface area contributed by atoms with E-state index in [1.54, 1.807) is 0 Å². The van der Waals surface area contributed by atoms with Crippen molar-refractivity contribution in [3.63, 3.8) is 0 Å². The normalized spacial score (nSPS) is 9.29. The Balaban J connectivity index is 3.21. The summed E-state index contributed by atoms with van der Waals surface area (Å²) in [5.74, 6) is -0.189. The summed E-state index contributed by atoms with van der Waals surface area (Å²) < 4.78 is 13.4. The quantitative estimate of drug-likeness (QED) is 0.485. The molecule has 0 aliphatic heterocycles. The number of carbonyl (C=O) groups is 2. The van der Waals surface area contributed by atoms with E-state index in [0.717, 1.165) is 0 Å². The maximum Gasteiger partial charge on any atom is 0.507 e. The van der Waals surface area contributed by atoms with Crippen molar-refractivity contribution in [3.05, 3.63) is 0 Å². The van der Waals surface area contributed by atoms with Gasteiger partial charge in [-0.15, -0.1) is 0 Å². The van der Waals surface area contributed by atoms with Gasteiger partial charge in [0.1, 0.15) is 6.61 Å². The Morgan fingerprint density at radius 2 is 2.00 bits per heavy atom. The van der Waals surface area contributed by atoms with Gasteiger partial charge in [0.2, 0.25) is 5.91 Å². The molecule has 0 unspecified atom stereocenters. The Bertz CT molecular complexity index is 183. The highest BCUT2D eigenvalue weighted by molar-refractivity contribution is 5.77. The predicted octanol–water partition coefficient (Wildman–Crippen LogP) is -0.0779. The lowest BCUT2D eigenvalue weighted by Gasteiger charge is -2.04. The molecule has 0 saturated carbocycles. The van der Waals surface area contributed by atoms with Gasteiger partial charge in [-0.25, -0.2) is 4.79 Å². The van der Waals surface area contributed by atoms with Crippen LogP contribution in [0.5, 0.6) is 0 Å². The lowest BCUT2D eigenvalue weighted by atomic mass is 10.4. The van der Waals surface area contributed by atoms with Crippen molar-refractivity contribution in [2.45, 2.75) is 6.42 Å². The van der Waals surface area contributed by atoms with Crippen molar-refractivity contribution in [1.29, 1.82) is 0 Å². The second-order valence-electron chi connectivity index (χ2n) is 2.44. The molecule has 0 bridgehead atoms. The smallest absolute Gasteiger partial charge is 0.438 e. The highest BCUT2D eigenvalue weighted by Gasteiger charge is 2.00. The zero-order valence-corrected chi connectivity index (χ0v) is 8.37. The fraction of sp³-hybridized carbons (Fsp3) is 0.750. The Morgan fingerprint density at radius 1 is 1.29 bits per heavy atom. The molecule has 0 atom stereocenters. The van der Waals surface area contributed by atoms with E-state index in [2.05, 4.69) is 19.5 Å². The molecule has 0 spiro atoms. The van der Waals surface area contributed by atoms with Crippen LogP contribution in [0.2, 0.25) is 0 Å². The second-order valence-corrected chi connectivity index (χ2v) is 2.44. The molecule has 6 nitrogen and oxygen atoms in total. The average molecular weight is 205 g/mol. The third-order valence-corrected chi connectivity index (χ3v) is 1.31. The number of carbonyl (C=O) groups excluding carboxylic acids is 2. The minimum Gasteiger partial charge on any atom is -0.438 e. The van der Waals surface area contributed by atoms with Gasteiger partial charge in [0.15, 0.2) is 0 Å². The van der Waals surface area contributed by atoms with E-state index in [4.69, 9.17) is 0 Å². The number of hydrogen-bond acceptors (Lipinski definition) is 5. The maximum absolute atomic E-state index is 10.8. The van der Waals surface area contributed by atoms with Gasteiger partial charge in [-0.05, 0) is 6.42 Å². The molecule has 0 radical (unpaired) electrons. The SMILES string of the molecule is COCC(=O)NCCCOC(=O)OC. The Kier molecular flexibility index (Phi) is 7.53. The largest absolute Gasteiger partial charge is 0.507 e. The van der Waals surface area contributed by atoms with Gasteiger partial charge >= 0.3 is 6.16 Å². The van der Waals surface area contributed by atoms with E-state index in [0.29, 0.717) is 13.0 Å². The summed E-state index contributed by atoms with van der Waals surface area (Å²) in [5, 5.41) is 2.58. The molecule has 0 aromatic rings. The topological polar surface area (TPSA) is 73.9 Å². The van der Waals surface area contributed by atoms with Crippen LogP contribution in [0, 0.1) is 0 Å². The first-order valence-electron chi connectivity index (χ1n) is 4.17. The third-order valence-electron chi connectivity index (χ3n) is 1.31. The molecule has 0 aromatic carbocycles. The fourth-order valence-corrected chi connectivity index (χ4v) is 0.697. The Morgan fingerprint density at radius 3 is 2.57 bits per heavy atom. The van der Waals surface area contributed by atoms with Crippen molar-refractivity contribution in [2.75, 3.05) is 34.0 Å². The summed E-state index contributed by atoms with van der Waals surface area (Å²) in [7, 11) is 2.68. The number of methoxy groups -OCH3 is 2. The monoisotopic (exact) mass is 205 g/mol. The first kappa shape index (κ1) is 12.7. The van der Waals surface area contributed by atoms with Crippen LogP contribution in [0.3, 0.4) is 0 Å². The van der Waals surface area contributed by atoms with Gasteiger partial charge in [0, 0.05) is 13.7 Å². The van der Waals surface area contributed by atoms with Crippen LogP contribution in [0.1, 0.15) is 6.42 Å². The Hall–Kier alpha value is -1.30. The summed E-state index contributed by atoms with van der Waals surface area (Å²) >= 11 is 0. The molecule has 0 fully saturated rings.